The number of ether oxygens (including phenoxy) is 1. The normalized spacial score (nSPS) is 19.5. The molecule has 0 aliphatic carbocycles. The van der Waals surface area contributed by atoms with Crippen molar-refractivity contribution in [2.75, 3.05) is 31.6 Å². The second-order valence-corrected chi connectivity index (χ2v) is 5.91. The third-order valence-corrected chi connectivity index (χ3v) is 4.22. The highest BCUT2D eigenvalue weighted by molar-refractivity contribution is 9.10. The van der Waals surface area contributed by atoms with Crippen molar-refractivity contribution >= 4 is 21.6 Å². The van der Waals surface area contributed by atoms with Gasteiger partial charge in [0, 0.05) is 24.8 Å². The quantitative estimate of drug-likeness (QED) is 0.897. The lowest BCUT2D eigenvalue weighted by Gasteiger charge is -2.35. The number of methoxy groups -OCH3 is 1. The molecule has 3 nitrogen and oxygen atoms in total. The van der Waals surface area contributed by atoms with E-state index < -0.39 is 0 Å². The molecule has 1 fully saturated rings. The van der Waals surface area contributed by atoms with Gasteiger partial charge < -0.3 is 15.0 Å². The molecule has 0 spiro atoms. The minimum absolute atomic E-state index is 0.620. The summed E-state index contributed by atoms with van der Waals surface area (Å²) < 4.78 is 6.31. The van der Waals surface area contributed by atoms with E-state index in [0.717, 1.165) is 29.9 Å². The van der Waals surface area contributed by atoms with Gasteiger partial charge in [0.1, 0.15) is 5.75 Å². The lowest BCUT2D eigenvalue weighted by Crippen LogP contribution is -2.46. The zero-order valence-corrected chi connectivity index (χ0v) is 13.4. The number of nitrogens with one attached hydrogen (secondary N) is 1. The van der Waals surface area contributed by atoms with E-state index in [9.17, 15) is 0 Å². The van der Waals surface area contributed by atoms with E-state index in [-0.39, 0.29) is 0 Å². The van der Waals surface area contributed by atoms with E-state index in [2.05, 4.69) is 45.2 Å². The molecule has 1 aliphatic rings. The van der Waals surface area contributed by atoms with Crippen LogP contribution in [0.15, 0.2) is 22.7 Å². The fourth-order valence-electron chi connectivity index (χ4n) is 2.58. The molecule has 0 radical (unpaired) electrons. The van der Waals surface area contributed by atoms with Crippen LogP contribution in [0.5, 0.6) is 5.75 Å². The Labute approximate surface area is 124 Å². The molecule has 1 heterocycles. The lowest BCUT2D eigenvalue weighted by atomic mass is 10.0. The maximum atomic E-state index is 5.28. The van der Waals surface area contributed by atoms with Crippen LogP contribution in [-0.4, -0.2) is 32.8 Å². The van der Waals surface area contributed by atoms with Crippen LogP contribution in [0.4, 0.5) is 5.69 Å². The molecule has 1 saturated heterocycles. The topological polar surface area (TPSA) is 24.5 Å². The van der Waals surface area contributed by atoms with Crippen molar-refractivity contribution in [3.8, 4) is 5.75 Å². The molecule has 2 rings (SSSR count). The van der Waals surface area contributed by atoms with Crippen molar-refractivity contribution in [1.29, 1.82) is 0 Å². The molecule has 4 heteroatoms. The number of rotatable bonds is 5. The monoisotopic (exact) mass is 326 g/mol. The Balaban J connectivity index is 2.02. The Hall–Kier alpha value is -0.740. The van der Waals surface area contributed by atoms with Crippen LogP contribution in [-0.2, 0) is 0 Å². The van der Waals surface area contributed by atoms with Gasteiger partial charge in [-0.05, 0) is 59.9 Å². The van der Waals surface area contributed by atoms with E-state index in [1.54, 1.807) is 7.11 Å². The molecule has 0 saturated carbocycles. The number of hydrogen-bond acceptors (Lipinski definition) is 3. The molecule has 0 bridgehead atoms. The summed E-state index contributed by atoms with van der Waals surface area (Å²) in [4.78, 5) is 2.46. The summed E-state index contributed by atoms with van der Waals surface area (Å²) in [5, 5.41) is 3.63. The van der Waals surface area contributed by atoms with Gasteiger partial charge in [0.25, 0.3) is 0 Å². The van der Waals surface area contributed by atoms with E-state index in [0.29, 0.717) is 6.04 Å². The number of piperidine rings is 1. The molecule has 1 aliphatic heterocycles. The fraction of sp³-hybridized carbons (Fsp3) is 0.600. The summed E-state index contributed by atoms with van der Waals surface area (Å²) in [6, 6.07) is 6.95. The Morgan fingerprint density at radius 3 is 3.00 bits per heavy atom. The number of hydrogen-bond donors (Lipinski definition) is 1. The van der Waals surface area contributed by atoms with Crippen molar-refractivity contribution in [3.05, 3.63) is 22.7 Å². The van der Waals surface area contributed by atoms with Crippen LogP contribution < -0.4 is 15.0 Å². The molecule has 106 valence electrons. The molecule has 0 amide bonds. The SMILES string of the molecule is CCCNC1CCCN(c2ccc(OC)c(Br)c2)C1. The Kier molecular flexibility index (Phi) is 5.52. The van der Waals surface area contributed by atoms with Crippen LogP contribution in [0.25, 0.3) is 0 Å². The van der Waals surface area contributed by atoms with E-state index in [4.69, 9.17) is 4.74 Å². The third kappa shape index (κ3) is 3.86. The Bertz CT molecular complexity index is 411. The van der Waals surface area contributed by atoms with Gasteiger partial charge in [-0.1, -0.05) is 6.92 Å². The van der Waals surface area contributed by atoms with Crippen molar-refractivity contribution in [2.45, 2.75) is 32.2 Å². The van der Waals surface area contributed by atoms with Gasteiger partial charge in [0.15, 0.2) is 0 Å². The van der Waals surface area contributed by atoms with Crippen LogP contribution in [0.1, 0.15) is 26.2 Å². The van der Waals surface area contributed by atoms with E-state index in [1.165, 1.54) is 24.9 Å². The fourth-order valence-corrected chi connectivity index (χ4v) is 3.11. The molecule has 1 atom stereocenters. The molecule has 1 unspecified atom stereocenters. The second kappa shape index (κ2) is 7.15. The van der Waals surface area contributed by atoms with E-state index in [1.807, 2.05) is 6.07 Å². The van der Waals surface area contributed by atoms with Gasteiger partial charge >= 0.3 is 0 Å². The first-order valence-electron chi connectivity index (χ1n) is 7.06. The molecule has 1 N–H and O–H groups in total. The van der Waals surface area contributed by atoms with Crippen LogP contribution in [0.2, 0.25) is 0 Å². The first kappa shape index (κ1) is 14.7. The summed E-state index contributed by atoms with van der Waals surface area (Å²) >= 11 is 3.56. The van der Waals surface area contributed by atoms with Gasteiger partial charge in [0.05, 0.1) is 11.6 Å². The average Bonchev–Trinajstić information content (AvgIpc) is 2.45. The van der Waals surface area contributed by atoms with Gasteiger partial charge in [-0.15, -0.1) is 0 Å². The first-order chi connectivity index (χ1) is 9.24. The van der Waals surface area contributed by atoms with Crippen molar-refractivity contribution in [1.82, 2.24) is 5.32 Å². The number of benzene rings is 1. The van der Waals surface area contributed by atoms with Gasteiger partial charge in [-0.25, -0.2) is 0 Å². The Morgan fingerprint density at radius 2 is 2.32 bits per heavy atom. The molecular formula is C15H23BrN2O. The van der Waals surface area contributed by atoms with Crippen molar-refractivity contribution in [2.24, 2.45) is 0 Å². The summed E-state index contributed by atoms with van der Waals surface area (Å²) in [7, 11) is 1.70. The smallest absolute Gasteiger partial charge is 0.133 e. The summed E-state index contributed by atoms with van der Waals surface area (Å²) in [6.45, 7) is 5.57. The zero-order chi connectivity index (χ0) is 13.7. The van der Waals surface area contributed by atoms with E-state index >= 15 is 0 Å². The van der Waals surface area contributed by atoms with Crippen LogP contribution in [0.3, 0.4) is 0 Å². The second-order valence-electron chi connectivity index (χ2n) is 5.06. The largest absolute Gasteiger partial charge is 0.496 e. The average molecular weight is 327 g/mol. The minimum atomic E-state index is 0.620. The third-order valence-electron chi connectivity index (χ3n) is 3.60. The van der Waals surface area contributed by atoms with Gasteiger partial charge in [-0.2, -0.15) is 0 Å². The number of anilines is 1. The molecule has 19 heavy (non-hydrogen) atoms. The van der Waals surface area contributed by atoms with Gasteiger partial charge in [0.2, 0.25) is 0 Å². The highest BCUT2D eigenvalue weighted by atomic mass is 79.9. The summed E-state index contributed by atoms with van der Waals surface area (Å²) in [6.07, 6.45) is 3.74. The highest BCUT2D eigenvalue weighted by Crippen LogP contribution is 2.30. The highest BCUT2D eigenvalue weighted by Gasteiger charge is 2.19. The maximum Gasteiger partial charge on any atom is 0.133 e. The summed E-state index contributed by atoms with van der Waals surface area (Å²) in [5.41, 5.74) is 1.27. The van der Waals surface area contributed by atoms with Gasteiger partial charge in [-0.3, -0.25) is 0 Å². The standard InChI is InChI=1S/C15H23BrN2O/c1-3-8-17-12-5-4-9-18(11-12)13-6-7-15(19-2)14(16)10-13/h6-7,10,12,17H,3-5,8-9,11H2,1-2H3. The zero-order valence-electron chi connectivity index (χ0n) is 11.8. The van der Waals surface area contributed by atoms with Crippen LogP contribution in [0, 0.1) is 0 Å². The van der Waals surface area contributed by atoms with Crippen molar-refractivity contribution < 1.29 is 4.74 Å². The number of nitrogens with zero attached hydrogens (tertiary/aromatic N) is 1. The molecule has 0 aromatic heterocycles. The summed E-state index contributed by atoms with van der Waals surface area (Å²) in [5.74, 6) is 0.890. The Morgan fingerprint density at radius 1 is 1.47 bits per heavy atom. The molecule has 1 aromatic rings. The predicted molar refractivity (Wildman–Crippen MR) is 84.2 cm³/mol. The first-order valence-corrected chi connectivity index (χ1v) is 7.85. The minimum Gasteiger partial charge on any atom is -0.496 e. The van der Waals surface area contributed by atoms with Crippen molar-refractivity contribution in [3.63, 3.8) is 0 Å². The predicted octanol–water partition coefficient (Wildman–Crippen LogP) is 3.43. The molecular weight excluding hydrogens is 304 g/mol. The lowest BCUT2D eigenvalue weighted by molar-refractivity contribution is 0.411. The number of halogens is 1. The maximum absolute atomic E-state index is 5.28. The van der Waals surface area contributed by atoms with Crippen LogP contribution >= 0.6 is 15.9 Å². The molecule has 1 aromatic carbocycles.